The lowest BCUT2D eigenvalue weighted by Gasteiger charge is -2.45. The summed E-state index contributed by atoms with van der Waals surface area (Å²) >= 11 is 1.58. The van der Waals surface area contributed by atoms with Crippen molar-refractivity contribution in [3.05, 3.63) is 58.3 Å². The molecule has 0 radical (unpaired) electrons. The Hall–Kier alpha value is -1.69. The van der Waals surface area contributed by atoms with Crippen LogP contribution in [0.3, 0.4) is 0 Å². The van der Waals surface area contributed by atoms with Gasteiger partial charge in [-0.05, 0) is 40.8 Å². The van der Waals surface area contributed by atoms with Crippen molar-refractivity contribution in [1.29, 1.82) is 0 Å². The summed E-state index contributed by atoms with van der Waals surface area (Å²) in [5, 5.41) is 7.33. The predicted molar refractivity (Wildman–Crippen MR) is 93.1 cm³/mol. The van der Waals surface area contributed by atoms with Gasteiger partial charge in [-0.1, -0.05) is 30.3 Å². The number of carbonyl (C=O) groups excluding carboxylic acids is 1. The summed E-state index contributed by atoms with van der Waals surface area (Å²) in [7, 11) is 1.43. The molecule has 4 nitrogen and oxygen atoms in total. The van der Waals surface area contributed by atoms with Crippen LogP contribution in [0.2, 0.25) is 0 Å². The lowest BCUT2D eigenvalue weighted by molar-refractivity contribution is -0.143. The molecule has 5 rings (SSSR count). The molecule has 3 aliphatic rings. The minimum atomic E-state index is -0.424. The van der Waals surface area contributed by atoms with Crippen molar-refractivity contribution < 1.29 is 14.3 Å². The zero-order valence-corrected chi connectivity index (χ0v) is 14.5. The minimum Gasteiger partial charge on any atom is -0.468 e. The number of hydrogen-bond donors (Lipinski definition) is 1. The van der Waals surface area contributed by atoms with Crippen LogP contribution in [-0.4, -0.2) is 31.8 Å². The van der Waals surface area contributed by atoms with E-state index in [1.54, 1.807) is 11.3 Å². The zero-order valence-electron chi connectivity index (χ0n) is 13.7. The van der Waals surface area contributed by atoms with E-state index in [4.69, 9.17) is 9.47 Å². The molecule has 0 spiro atoms. The zero-order chi connectivity index (χ0) is 16.6. The molecule has 1 aromatic carbocycles. The van der Waals surface area contributed by atoms with E-state index in [2.05, 4.69) is 29.6 Å². The number of esters is 1. The van der Waals surface area contributed by atoms with E-state index in [0.717, 1.165) is 25.0 Å². The number of carbonyl (C=O) groups is 1. The van der Waals surface area contributed by atoms with Crippen molar-refractivity contribution in [3.8, 4) is 0 Å². The number of benzene rings is 1. The molecule has 0 amide bonds. The van der Waals surface area contributed by atoms with Gasteiger partial charge in [0.2, 0.25) is 0 Å². The van der Waals surface area contributed by atoms with Crippen molar-refractivity contribution >= 4 is 17.3 Å². The molecular formula is C19H21NO3S. The van der Waals surface area contributed by atoms with Crippen LogP contribution in [0.4, 0.5) is 0 Å². The number of methoxy groups -OCH3 is 1. The summed E-state index contributed by atoms with van der Waals surface area (Å²) in [5.41, 5.74) is 2.32. The first kappa shape index (κ1) is 15.8. The van der Waals surface area contributed by atoms with Gasteiger partial charge in [-0.3, -0.25) is 5.32 Å². The lowest BCUT2D eigenvalue weighted by Crippen LogP contribution is -2.53. The van der Waals surface area contributed by atoms with E-state index < -0.39 is 6.04 Å². The quantitative estimate of drug-likeness (QED) is 0.819. The summed E-state index contributed by atoms with van der Waals surface area (Å²) in [6.07, 6.45) is 2.02. The molecule has 2 aromatic rings. The third-order valence-electron chi connectivity index (χ3n) is 5.30. The van der Waals surface area contributed by atoms with Gasteiger partial charge < -0.3 is 9.47 Å². The molecule has 3 heterocycles. The topological polar surface area (TPSA) is 47.6 Å². The first-order chi connectivity index (χ1) is 11.7. The molecule has 5 heteroatoms. The standard InChI is InChI=1S/C19H21NO3S/c1-22-17(21)16(14-7-8-24-9-14)20-12-19-10-18(11-19,13-23-19)15-5-3-2-4-6-15/h2-9,16,20H,10-13H2,1H3. The summed E-state index contributed by atoms with van der Waals surface area (Å²) in [6, 6.07) is 12.1. The first-order valence-corrected chi connectivity index (χ1v) is 9.14. The van der Waals surface area contributed by atoms with Crippen LogP contribution in [0.5, 0.6) is 0 Å². The molecule has 1 unspecified atom stereocenters. The maximum Gasteiger partial charge on any atom is 0.327 e. The molecule has 24 heavy (non-hydrogen) atoms. The van der Waals surface area contributed by atoms with Crippen molar-refractivity contribution in [2.75, 3.05) is 20.3 Å². The fourth-order valence-corrected chi connectivity index (χ4v) is 4.80. The van der Waals surface area contributed by atoms with Gasteiger partial charge in [-0.2, -0.15) is 11.3 Å². The second-order valence-corrected chi connectivity index (χ2v) is 7.65. The first-order valence-electron chi connectivity index (χ1n) is 8.19. The van der Waals surface area contributed by atoms with Crippen LogP contribution in [0.15, 0.2) is 47.2 Å². The summed E-state index contributed by atoms with van der Waals surface area (Å²) in [5.74, 6) is -0.253. The number of fused-ring (bicyclic) bond motifs is 1. The molecular weight excluding hydrogens is 322 g/mol. The van der Waals surface area contributed by atoms with E-state index in [1.165, 1.54) is 12.7 Å². The van der Waals surface area contributed by atoms with Crippen molar-refractivity contribution in [1.82, 2.24) is 5.32 Å². The average Bonchev–Trinajstić information content (AvgIpc) is 3.31. The second-order valence-electron chi connectivity index (χ2n) is 6.87. The van der Waals surface area contributed by atoms with Gasteiger partial charge in [0.15, 0.2) is 0 Å². The lowest BCUT2D eigenvalue weighted by atomic mass is 9.59. The maximum absolute atomic E-state index is 12.1. The third kappa shape index (κ3) is 2.57. The van der Waals surface area contributed by atoms with Crippen LogP contribution in [-0.2, 0) is 19.7 Å². The number of rotatable bonds is 6. The second kappa shape index (κ2) is 5.99. The predicted octanol–water partition coefficient (Wildman–Crippen LogP) is 3.05. The number of ether oxygens (including phenoxy) is 2. The van der Waals surface area contributed by atoms with Gasteiger partial charge in [0.1, 0.15) is 6.04 Å². The van der Waals surface area contributed by atoms with Crippen molar-refractivity contribution in [3.63, 3.8) is 0 Å². The van der Waals surface area contributed by atoms with Crippen molar-refractivity contribution in [2.24, 2.45) is 0 Å². The van der Waals surface area contributed by atoms with Gasteiger partial charge in [-0.25, -0.2) is 4.79 Å². The molecule has 1 saturated carbocycles. The van der Waals surface area contributed by atoms with Crippen LogP contribution >= 0.6 is 11.3 Å². The Morgan fingerprint density at radius 1 is 1.33 bits per heavy atom. The molecule has 2 bridgehead atoms. The molecule has 3 fully saturated rings. The van der Waals surface area contributed by atoms with E-state index in [1.807, 2.05) is 22.9 Å². The summed E-state index contributed by atoms with van der Waals surface area (Å²) in [4.78, 5) is 12.1. The molecule has 2 aliphatic heterocycles. The molecule has 1 N–H and O–H groups in total. The third-order valence-corrected chi connectivity index (χ3v) is 6.01. The highest BCUT2D eigenvalue weighted by molar-refractivity contribution is 7.08. The Labute approximate surface area is 145 Å². The van der Waals surface area contributed by atoms with E-state index in [9.17, 15) is 4.79 Å². The minimum absolute atomic E-state index is 0.155. The van der Waals surface area contributed by atoms with Gasteiger partial charge in [-0.15, -0.1) is 0 Å². The fourth-order valence-electron chi connectivity index (χ4n) is 4.11. The Kier molecular flexibility index (Phi) is 3.95. The molecule has 1 atom stereocenters. The van der Waals surface area contributed by atoms with E-state index in [-0.39, 0.29) is 17.0 Å². The van der Waals surface area contributed by atoms with Gasteiger partial charge in [0, 0.05) is 12.0 Å². The van der Waals surface area contributed by atoms with Gasteiger partial charge >= 0.3 is 5.97 Å². The number of thiophene rings is 1. The SMILES string of the molecule is COC(=O)C(NCC12CC(c3ccccc3)(CO1)C2)c1ccsc1. The molecule has 1 aliphatic carbocycles. The molecule has 1 aromatic heterocycles. The smallest absolute Gasteiger partial charge is 0.327 e. The molecule has 2 saturated heterocycles. The van der Waals surface area contributed by atoms with Gasteiger partial charge in [0.05, 0.1) is 19.3 Å². The Morgan fingerprint density at radius 2 is 2.12 bits per heavy atom. The van der Waals surface area contributed by atoms with Gasteiger partial charge in [0.25, 0.3) is 0 Å². The molecule has 126 valence electrons. The van der Waals surface area contributed by atoms with Crippen LogP contribution < -0.4 is 5.32 Å². The highest BCUT2D eigenvalue weighted by Gasteiger charge is 2.62. The van der Waals surface area contributed by atoms with E-state index in [0.29, 0.717) is 6.54 Å². The monoisotopic (exact) mass is 343 g/mol. The van der Waals surface area contributed by atoms with Crippen LogP contribution in [0, 0.1) is 0 Å². The average molecular weight is 343 g/mol. The summed E-state index contributed by atoms with van der Waals surface area (Å²) < 4.78 is 11.1. The number of nitrogens with one attached hydrogen (secondary N) is 1. The number of hydrogen-bond acceptors (Lipinski definition) is 5. The fraction of sp³-hybridized carbons (Fsp3) is 0.421. The highest BCUT2D eigenvalue weighted by atomic mass is 32.1. The summed E-state index contributed by atoms with van der Waals surface area (Å²) in [6.45, 7) is 1.43. The Balaban J connectivity index is 1.43. The van der Waals surface area contributed by atoms with Crippen LogP contribution in [0.1, 0.15) is 30.0 Å². The highest BCUT2D eigenvalue weighted by Crippen LogP contribution is 2.58. The van der Waals surface area contributed by atoms with E-state index >= 15 is 0 Å². The normalized spacial score (nSPS) is 29.0. The maximum atomic E-state index is 12.1. The Bertz CT molecular complexity index is 707. The van der Waals surface area contributed by atoms with Crippen molar-refractivity contribution in [2.45, 2.75) is 29.9 Å². The Morgan fingerprint density at radius 3 is 2.79 bits per heavy atom. The largest absolute Gasteiger partial charge is 0.468 e. The van der Waals surface area contributed by atoms with Crippen LogP contribution in [0.25, 0.3) is 0 Å².